The molecule has 94 valence electrons. The van der Waals surface area contributed by atoms with E-state index in [1.54, 1.807) is 12.1 Å². The van der Waals surface area contributed by atoms with E-state index in [0.29, 0.717) is 23.4 Å². The number of hydrogen-bond donors (Lipinski definition) is 2. The lowest BCUT2D eigenvalue weighted by Gasteiger charge is -1.99. The Morgan fingerprint density at radius 1 is 1.33 bits per heavy atom. The summed E-state index contributed by atoms with van der Waals surface area (Å²) in [6, 6.07) is 9.09. The van der Waals surface area contributed by atoms with Crippen LogP contribution in [0.25, 0.3) is 5.69 Å². The van der Waals surface area contributed by atoms with E-state index in [4.69, 9.17) is 5.11 Å². The molecular formula is C13H14N2O3. The molecule has 0 radical (unpaired) electrons. The number of aliphatic carboxylic acids is 1. The molecule has 1 heterocycles. The predicted molar refractivity (Wildman–Crippen MR) is 67.1 cm³/mol. The van der Waals surface area contributed by atoms with E-state index in [-0.39, 0.29) is 12.0 Å². The van der Waals surface area contributed by atoms with Gasteiger partial charge >= 0.3 is 5.97 Å². The third-order valence-electron chi connectivity index (χ3n) is 2.77. The molecule has 0 spiro atoms. The number of aryl methyl sites for hydroxylation is 1. The fourth-order valence-electron chi connectivity index (χ4n) is 1.90. The van der Waals surface area contributed by atoms with Gasteiger partial charge in [0.15, 0.2) is 0 Å². The van der Waals surface area contributed by atoms with Gasteiger partial charge in [-0.3, -0.25) is 14.7 Å². The molecule has 0 unspecified atom stereocenters. The van der Waals surface area contributed by atoms with E-state index in [1.165, 1.54) is 4.68 Å². The van der Waals surface area contributed by atoms with Gasteiger partial charge in [0.2, 0.25) is 0 Å². The van der Waals surface area contributed by atoms with Crippen molar-refractivity contribution in [2.24, 2.45) is 0 Å². The summed E-state index contributed by atoms with van der Waals surface area (Å²) in [5, 5.41) is 11.8. The maximum absolute atomic E-state index is 12.2. The Morgan fingerprint density at radius 3 is 2.56 bits per heavy atom. The summed E-state index contributed by atoms with van der Waals surface area (Å²) < 4.78 is 1.39. The number of aromatic nitrogens is 2. The number of benzene rings is 1. The molecule has 0 aliphatic rings. The van der Waals surface area contributed by atoms with Crippen LogP contribution in [0.15, 0.2) is 35.1 Å². The van der Waals surface area contributed by atoms with Crippen LogP contribution in [0.3, 0.4) is 0 Å². The Kier molecular flexibility index (Phi) is 3.32. The zero-order chi connectivity index (χ0) is 13.1. The second-order valence-electron chi connectivity index (χ2n) is 3.97. The molecule has 0 fully saturated rings. The van der Waals surface area contributed by atoms with Crippen molar-refractivity contribution in [3.05, 3.63) is 51.9 Å². The van der Waals surface area contributed by atoms with Crippen molar-refractivity contribution in [1.29, 1.82) is 0 Å². The smallest absolute Gasteiger partial charge is 0.308 e. The van der Waals surface area contributed by atoms with E-state index >= 15 is 0 Å². The van der Waals surface area contributed by atoms with E-state index in [9.17, 15) is 9.59 Å². The molecule has 2 N–H and O–H groups in total. The lowest BCUT2D eigenvalue weighted by atomic mass is 10.1. The summed E-state index contributed by atoms with van der Waals surface area (Å²) in [6.45, 7) is 1.88. The molecule has 0 bridgehead atoms. The van der Waals surface area contributed by atoms with Crippen molar-refractivity contribution >= 4 is 5.97 Å². The fraction of sp³-hybridized carbons (Fsp3) is 0.231. The molecule has 1 aromatic heterocycles. The van der Waals surface area contributed by atoms with Gasteiger partial charge in [-0.1, -0.05) is 25.1 Å². The molecule has 0 aliphatic carbocycles. The van der Waals surface area contributed by atoms with Gasteiger partial charge in [-0.2, -0.15) is 0 Å². The zero-order valence-corrected chi connectivity index (χ0v) is 10.0. The monoisotopic (exact) mass is 246 g/mol. The quantitative estimate of drug-likeness (QED) is 0.855. The van der Waals surface area contributed by atoms with E-state index in [1.807, 2.05) is 25.1 Å². The number of rotatable bonds is 4. The van der Waals surface area contributed by atoms with Crippen LogP contribution in [0.1, 0.15) is 18.2 Å². The van der Waals surface area contributed by atoms with E-state index in [2.05, 4.69) is 5.10 Å². The van der Waals surface area contributed by atoms with Gasteiger partial charge in [-0.15, -0.1) is 0 Å². The highest BCUT2D eigenvalue weighted by atomic mass is 16.4. The number of carbonyl (C=O) groups is 1. The SMILES string of the molecule is CCc1[nH]n(-c2ccccc2)c(=O)c1CC(=O)O. The maximum Gasteiger partial charge on any atom is 0.308 e. The highest BCUT2D eigenvalue weighted by Gasteiger charge is 2.16. The van der Waals surface area contributed by atoms with Crippen LogP contribution in [0.4, 0.5) is 0 Å². The van der Waals surface area contributed by atoms with Crippen molar-refractivity contribution in [3.63, 3.8) is 0 Å². The topological polar surface area (TPSA) is 75.1 Å². The number of nitrogens with zero attached hydrogens (tertiary/aromatic N) is 1. The number of hydrogen-bond acceptors (Lipinski definition) is 2. The van der Waals surface area contributed by atoms with Crippen molar-refractivity contribution in [3.8, 4) is 5.69 Å². The van der Waals surface area contributed by atoms with Gasteiger partial charge in [-0.05, 0) is 18.6 Å². The minimum absolute atomic E-state index is 0.252. The molecule has 0 atom stereocenters. The molecule has 2 aromatic rings. The predicted octanol–water partition coefficient (Wildman–Crippen LogP) is 1.36. The summed E-state index contributed by atoms with van der Waals surface area (Å²) in [4.78, 5) is 22.9. The minimum atomic E-state index is -0.999. The van der Waals surface area contributed by atoms with Crippen molar-refractivity contribution in [2.45, 2.75) is 19.8 Å². The van der Waals surface area contributed by atoms with Crippen LogP contribution >= 0.6 is 0 Å². The van der Waals surface area contributed by atoms with Gasteiger partial charge in [0.05, 0.1) is 17.7 Å². The molecule has 0 amide bonds. The second kappa shape index (κ2) is 4.91. The van der Waals surface area contributed by atoms with Gasteiger partial charge in [-0.25, -0.2) is 4.68 Å². The molecule has 0 aliphatic heterocycles. The van der Waals surface area contributed by atoms with Gasteiger partial charge in [0.25, 0.3) is 5.56 Å². The summed E-state index contributed by atoms with van der Waals surface area (Å²) in [5.74, 6) is -0.999. The first kappa shape index (κ1) is 12.2. The number of nitrogens with one attached hydrogen (secondary N) is 1. The number of aromatic amines is 1. The summed E-state index contributed by atoms with van der Waals surface area (Å²) >= 11 is 0. The average Bonchev–Trinajstić information content (AvgIpc) is 2.67. The molecule has 5 heteroatoms. The highest BCUT2D eigenvalue weighted by molar-refractivity contribution is 5.70. The van der Waals surface area contributed by atoms with E-state index < -0.39 is 5.97 Å². The van der Waals surface area contributed by atoms with Crippen LogP contribution in [0.5, 0.6) is 0 Å². The Hall–Kier alpha value is -2.30. The Bertz CT molecular complexity index is 611. The molecule has 5 nitrogen and oxygen atoms in total. The number of H-pyrrole nitrogens is 1. The van der Waals surface area contributed by atoms with Gasteiger partial charge < -0.3 is 5.11 Å². The number of carboxylic acid groups (broad SMARTS) is 1. The van der Waals surface area contributed by atoms with Gasteiger partial charge in [0, 0.05) is 5.69 Å². The Balaban J connectivity index is 2.55. The van der Waals surface area contributed by atoms with Crippen LogP contribution in [-0.4, -0.2) is 20.9 Å². The molecule has 0 saturated carbocycles. The third kappa shape index (κ3) is 2.20. The first-order valence-electron chi connectivity index (χ1n) is 5.73. The molecule has 2 rings (SSSR count). The van der Waals surface area contributed by atoms with Crippen LogP contribution < -0.4 is 5.56 Å². The Labute approximate surface area is 104 Å². The standard InChI is InChI=1S/C13H14N2O3/c1-2-11-10(8-12(16)17)13(18)15(14-11)9-6-4-3-5-7-9/h3-7,14H,2,8H2,1H3,(H,16,17). The zero-order valence-electron chi connectivity index (χ0n) is 10.0. The maximum atomic E-state index is 12.2. The third-order valence-corrected chi connectivity index (χ3v) is 2.77. The summed E-state index contributed by atoms with van der Waals surface area (Å²) in [5.41, 5.74) is 1.41. The first-order valence-corrected chi connectivity index (χ1v) is 5.73. The normalized spacial score (nSPS) is 10.5. The largest absolute Gasteiger partial charge is 0.481 e. The first-order chi connectivity index (χ1) is 8.63. The Morgan fingerprint density at radius 2 is 2.00 bits per heavy atom. The van der Waals surface area contributed by atoms with Crippen LogP contribution in [0, 0.1) is 0 Å². The molecule has 18 heavy (non-hydrogen) atoms. The van der Waals surface area contributed by atoms with Gasteiger partial charge in [0.1, 0.15) is 0 Å². The number of carboxylic acids is 1. The van der Waals surface area contributed by atoms with Crippen molar-refractivity contribution in [1.82, 2.24) is 9.78 Å². The highest BCUT2D eigenvalue weighted by Crippen LogP contribution is 2.08. The number of para-hydroxylation sites is 1. The van der Waals surface area contributed by atoms with E-state index in [0.717, 1.165) is 0 Å². The minimum Gasteiger partial charge on any atom is -0.481 e. The summed E-state index contributed by atoms with van der Waals surface area (Å²) in [7, 11) is 0. The van der Waals surface area contributed by atoms with Crippen molar-refractivity contribution in [2.75, 3.05) is 0 Å². The molecular weight excluding hydrogens is 232 g/mol. The van der Waals surface area contributed by atoms with Crippen molar-refractivity contribution < 1.29 is 9.90 Å². The van der Waals surface area contributed by atoms with Crippen LogP contribution in [0.2, 0.25) is 0 Å². The van der Waals surface area contributed by atoms with Crippen LogP contribution in [-0.2, 0) is 17.6 Å². The lowest BCUT2D eigenvalue weighted by Crippen LogP contribution is -2.19. The molecule has 1 aromatic carbocycles. The fourth-order valence-corrected chi connectivity index (χ4v) is 1.90. The lowest BCUT2D eigenvalue weighted by molar-refractivity contribution is -0.136. The average molecular weight is 246 g/mol. The summed E-state index contributed by atoms with van der Waals surface area (Å²) in [6.07, 6.45) is 0.343. The molecule has 0 saturated heterocycles. The second-order valence-corrected chi connectivity index (χ2v) is 3.97.